The third-order valence-electron chi connectivity index (χ3n) is 5.03. The van der Waals surface area contributed by atoms with E-state index < -0.39 is 17.9 Å². The van der Waals surface area contributed by atoms with Gasteiger partial charge in [-0.15, -0.1) is 0 Å². The summed E-state index contributed by atoms with van der Waals surface area (Å²) in [6, 6.07) is 0. The molecule has 7 nitrogen and oxygen atoms in total. The molecule has 0 aromatic rings. The largest absolute Gasteiger partial charge is 0.550 e. The van der Waals surface area contributed by atoms with Gasteiger partial charge in [-0.3, -0.25) is 9.59 Å². The van der Waals surface area contributed by atoms with Crippen LogP contribution in [0.2, 0.25) is 0 Å². The quantitative estimate of drug-likeness (QED) is 0.196. The number of carbonyl (C=O) groups excluding carboxylic acids is 1. The molecular formula is C21H37NO6. The van der Waals surface area contributed by atoms with Gasteiger partial charge in [-0.2, -0.15) is 0 Å². The van der Waals surface area contributed by atoms with Crippen LogP contribution in [-0.2, 0) is 14.4 Å². The van der Waals surface area contributed by atoms with E-state index in [1.54, 1.807) is 0 Å². The number of carbonyl (C=O) groups is 3. The molecule has 0 heterocycles. The highest BCUT2D eigenvalue weighted by atomic mass is 16.4. The van der Waals surface area contributed by atoms with Crippen LogP contribution in [0, 0.1) is 0 Å². The van der Waals surface area contributed by atoms with Crippen molar-refractivity contribution in [2.45, 2.75) is 77.6 Å². The van der Waals surface area contributed by atoms with Crippen LogP contribution >= 0.6 is 0 Å². The number of unbranched alkanes of at least 4 members (excludes halogenated alkanes) is 6. The van der Waals surface area contributed by atoms with E-state index in [9.17, 15) is 19.5 Å². The molecule has 0 atom stereocenters. The summed E-state index contributed by atoms with van der Waals surface area (Å²) in [5.74, 6) is -3.11. The summed E-state index contributed by atoms with van der Waals surface area (Å²) in [5, 5.41) is 28.9. The Balaban J connectivity index is 4.55. The molecule has 0 fully saturated rings. The monoisotopic (exact) mass is 399 g/mol. The molecule has 2 N–H and O–H groups in total. The molecule has 0 amide bonds. The zero-order valence-corrected chi connectivity index (χ0v) is 17.2. The smallest absolute Gasteiger partial charge is 0.309 e. The predicted molar refractivity (Wildman–Crippen MR) is 106 cm³/mol. The third-order valence-corrected chi connectivity index (χ3v) is 5.03. The molecular weight excluding hydrogens is 362 g/mol. The Labute approximate surface area is 168 Å². The second-order valence-electron chi connectivity index (χ2n) is 7.46. The average molecular weight is 400 g/mol. The minimum absolute atomic E-state index is 0.104. The number of nitrogens with zero attached hydrogens (tertiary/aromatic N) is 1. The van der Waals surface area contributed by atoms with Crippen molar-refractivity contribution in [3.05, 3.63) is 12.2 Å². The van der Waals surface area contributed by atoms with E-state index in [1.165, 1.54) is 19.3 Å². The summed E-state index contributed by atoms with van der Waals surface area (Å²) in [4.78, 5) is 32.9. The lowest BCUT2D eigenvalue weighted by atomic mass is 10.1. The molecule has 0 bridgehead atoms. The molecule has 0 aromatic heterocycles. The highest BCUT2D eigenvalue weighted by molar-refractivity contribution is 5.67. The molecule has 0 saturated heterocycles. The first-order valence-electron chi connectivity index (χ1n) is 10.4. The van der Waals surface area contributed by atoms with Gasteiger partial charge < -0.3 is 24.6 Å². The summed E-state index contributed by atoms with van der Waals surface area (Å²) in [7, 11) is 0. The molecule has 0 rings (SSSR count). The lowest BCUT2D eigenvalue weighted by molar-refractivity contribution is -0.927. The summed E-state index contributed by atoms with van der Waals surface area (Å²) in [6.07, 6.45) is 12.6. The van der Waals surface area contributed by atoms with Gasteiger partial charge in [0, 0.05) is 12.4 Å². The zero-order chi connectivity index (χ0) is 21.3. The summed E-state index contributed by atoms with van der Waals surface area (Å²) in [5.41, 5.74) is 0. The molecule has 28 heavy (non-hydrogen) atoms. The Kier molecular flexibility index (Phi) is 15.0. The lowest BCUT2D eigenvalue weighted by Gasteiger charge is -2.38. The SMILES string of the molecule is CCCCC/C=C/CCCCC[N+](CCC(=O)[O-])(CCC(=O)O)CCC(=O)O. The molecule has 162 valence electrons. The van der Waals surface area contributed by atoms with Crippen molar-refractivity contribution < 1.29 is 34.2 Å². The molecule has 0 aliphatic rings. The van der Waals surface area contributed by atoms with E-state index in [1.807, 2.05) is 0 Å². The van der Waals surface area contributed by atoms with Crippen LogP contribution in [0.3, 0.4) is 0 Å². The van der Waals surface area contributed by atoms with E-state index in [4.69, 9.17) is 10.2 Å². The van der Waals surface area contributed by atoms with Crippen LogP contribution in [0.15, 0.2) is 12.2 Å². The summed E-state index contributed by atoms with van der Waals surface area (Å²) < 4.78 is 0.208. The summed E-state index contributed by atoms with van der Waals surface area (Å²) in [6.45, 7) is 3.47. The zero-order valence-electron chi connectivity index (χ0n) is 17.2. The predicted octanol–water partition coefficient (Wildman–Crippen LogP) is 2.59. The van der Waals surface area contributed by atoms with Crippen LogP contribution in [0.25, 0.3) is 0 Å². The van der Waals surface area contributed by atoms with Crippen LogP contribution in [0.1, 0.15) is 77.6 Å². The van der Waals surface area contributed by atoms with Gasteiger partial charge in [0.1, 0.15) is 0 Å². The van der Waals surface area contributed by atoms with Crippen LogP contribution in [-0.4, -0.2) is 58.8 Å². The number of rotatable bonds is 19. The Hall–Kier alpha value is -1.89. The van der Waals surface area contributed by atoms with E-state index in [2.05, 4.69) is 19.1 Å². The fourth-order valence-corrected chi connectivity index (χ4v) is 3.30. The van der Waals surface area contributed by atoms with Crippen molar-refractivity contribution in [2.75, 3.05) is 26.2 Å². The van der Waals surface area contributed by atoms with Crippen LogP contribution in [0.5, 0.6) is 0 Å². The van der Waals surface area contributed by atoms with Gasteiger partial charge >= 0.3 is 11.9 Å². The first kappa shape index (κ1) is 26.1. The topological polar surface area (TPSA) is 115 Å². The fourth-order valence-electron chi connectivity index (χ4n) is 3.30. The van der Waals surface area contributed by atoms with Gasteiger partial charge in [-0.1, -0.05) is 31.9 Å². The normalized spacial score (nSPS) is 11.8. The number of hydrogen-bond acceptors (Lipinski definition) is 4. The third kappa shape index (κ3) is 15.2. The van der Waals surface area contributed by atoms with Crippen molar-refractivity contribution in [3.8, 4) is 0 Å². The van der Waals surface area contributed by atoms with Gasteiger partial charge in [0.15, 0.2) is 0 Å². The maximum atomic E-state index is 11.0. The number of carboxylic acid groups (broad SMARTS) is 3. The number of carboxylic acids is 3. The molecule has 0 spiro atoms. The van der Waals surface area contributed by atoms with Crippen molar-refractivity contribution in [1.29, 1.82) is 0 Å². The van der Waals surface area contributed by atoms with Gasteiger partial charge in [0.2, 0.25) is 0 Å². The van der Waals surface area contributed by atoms with E-state index in [0.29, 0.717) is 6.54 Å². The minimum Gasteiger partial charge on any atom is -0.550 e. The number of aliphatic carboxylic acids is 3. The van der Waals surface area contributed by atoms with E-state index in [-0.39, 0.29) is 43.4 Å². The van der Waals surface area contributed by atoms with Crippen molar-refractivity contribution in [1.82, 2.24) is 0 Å². The average Bonchev–Trinajstić information content (AvgIpc) is 2.63. The number of quaternary nitrogens is 1. The highest BCUT2D eigenvalue weighted by Gasteiger charge is 2.28. The van der Waals surface area contributed by atoms with E-state index in [0.717, 1.165) is 32.1 Å². The highest BCUT2D eigenvalue weighted by Crippen LogP contribution is 2.16. The fraction of sp³-hybridized carbons (Fsp3) is 0.762. The first-order chi connectivity index (χ1) is 13.3. The lowest BCUT2D eigenvalue weighted by Crippen LogP contribution is -2.53. The molecule has 0 aliphatic heterocycles. The van der Waals surface area contributed by atoms with Crippen molar-refractivity contribution >= 4 is 17.9 Å². The number of allylic oxidation sites excluding steroid dienone is 2. The van der Waals surface area contributed by atoms with Gasteiger partial charge in [0.05, 0.1) is 39.0 Å². The van der Waals surface area contributed by atoms with Gasteiger partial charge in [-0.05, 0) is 38.5 Å². The Bertz CT molecular complexity index is 444. The molecule has 0 aromatic carbocycles. The van der Waals surface area contributed by atoms with Gasteiger partial charge in [-0.25, -0.2) is 0 Å². The maximum absolute atomic E-state index is 11.0. The van der Waals surface area contributed by atoms with Crippen molar-refractivity contribution in [2.24, 2.45) is 0 Å². The van der Waals surface area contributed by atoms with Gasteiger partial charge in [0.25, 0.3) is 0 Å². The Morgan fingerprint density at radius 3 is 1.71 bits per heavy atom. The first-order valence-corrected chi connectivity index (χ1v) is 10.4. The number of hydrogen-bond donors (Lipinski definition) is 2. The van der Waals surface area contributed by atoms with E-state index >= 15 is 0 Å². The molecule has 7 heteroatoms. The Morgan fingerprint density at radius 1 is 0.750 bits per heavy atom. The maximum Gasteiger partial charge on any atom is 0.309 e. The summed E-state index contributed by atoms with van der Waals surface area (Å²) >= 11 is 0. The molecule has 0 aliphatic carbocycles. The second kappa shape index (κ2) is 16.1. The molecule has 0 saturated carbocycles. The molecule has 0 radical (unpaired) electrons. The second-order valence-corrected chi connectivity index (χ2v) is 7.46. The standard InChI is InChI=1S/C21H37NO6/c1-2-3-4-5-6-7-8-9-10-11-15-22(16-12-19(23)24,17-13-20(25)26)18-14-21(27)28/h6-7H,2-5,8-18H2,1H3,(H2-,23,24,25,26,27,28)/b7-6+. The Morgan fingerprint density at radius 2 is 1.25 bits per heavy atom. The van der Waals surface area contributed by atoms with Crippen LogP contribution < -0.4 is 5.11 Å². The minimum atomic E-state index is -1.19. The molecule has 0 unspecified atom stereocenters. The van der Waals surface area contributed by atoms with Crippen molar-refractivity contribution in [3.63, 3.8) is 0 Å². The van der Waals surface area contributed by atoms with Crippen LogP contribution in [0.4, 0.5) is 0 Å².